The van der Waals surface area contributed by atoms with Gasteiger partial charge in [0.25, 0.3) is 0 Å². The summed E-state index contributed by atoms with van der Waals surface area (Å²) in [5.74, 6) is -0.121. The van der Waals surface area contributed by atoms with Crippen LogP contribution in [0.15, 0.2) is 24.3 Å². The molecule has 2 amide bonds. The Morgan fingerprint density at radius 1 is 1.33 bits per heavy atom. The summed E-state index contributed by atoms with van der Waals surface area (Å²) in [5, 5.41) is 3.34. The number of nitrogens with zero attached hydrogens (tertiary/aromatic N) is 1. The van der Waals surface area contributed by atoms with E-state index in [0.717, 1.165) is 31.6 Å². The van der Waals surface area contributed by atoms with Gasteiger partial charge in [-0.3, -0.25) is 9.59 Å². The highest BCUT2D eigenvalue weighted by atomic mass is 16.2. The van der Waals surface area contributed by atoms with Crippen molar-refractivity contribution in [1.29, 1.82) is 0 Å². The van der Waals surface area contributed by atoms with Crippen LogP contribution in [-0.2, 0) is 9.59 Å². The van der Waals surface area contributed by atoms with E-state index in [4.69, 9.17) is 5.73 Å². The molecule has 112 valence electrons. The average Bonchev–Trinajstić information content (AvgIpc) is 2.91. The molecule has 5 nitrogen and oxygen atoms in total. The van der Waals surface area contributed by atoms with E-state index in [1.54, 1.807) is 4.90 Å². The molecule has 1 aromatic carbocycles. The second kappa shape index (κ2) is 5.76. The third kappa shape index (κ3) is 2.86. The van der Waals surface area contributed by atoms with Gasteiger partial charge in [0.05, 0.1) is 5.92 Å². The molecule has 0 saturated carbocycles. The van der Waals surface area contributed by atoms with E-state index in [-0.39, 0.29) is 23.7 Å². The monoisotopic (exact) mass is 287 g/mol. The fourth-order valence-corrected chi connectivity index (χ4v) is 3.32. The Kier molecular flexibility index (Phi) is 3.82. The number of benzene rings is 1. The van der Waals surface area contributed by atoms with Gasteiger partial charge in [-0.15, -0.1) is 0 Å². The molecular formula is C16H21N3O2. The third-order valence-electron chi connectivity index (χ3n) is 4.54. The van der Waals surface area contributed by atoms with Gasteiger partial charge < -0.3 is 16.0 Å². The third-order valence-corrected chi connectivity index (χ3v) is 4.54. The molecule has 2 aliphatic heterocycles. The highest BCUT2D eigenvalue weighted by Crippen LogP contribution is 2.33. The first-order chi connectivity index (χ1) is 10.1. The maximum Gasteiger partial charge on any atom is 0.223 e. The van der Waals surface area contributed by atoms with Crippen LogP contribution < -0.4 is 11.1 Å². The fraction of sp³-hybridized carbons (Fsp3) is 0.500. The van der Waals surface area contributed by atoms with Gasteiger partial charge in [0.15, 0.2) is 0 Å². The summed E-state index contributed by atoms with van der Waals surface area (Å²) in [4.78, 5) is 25.6. The number of para-hydroxylation sites is 1. The molecule has 0 aromatic heterocycles. The Morgan fingerprint density at radius 2 is 2.14 bits per heavy atom. The van der Waals surface area contributed by atoms with Crippen molar-refractivity contribution in [3.05, 3.63) is 29.8 Å². The standard InChI is InChI=1S/C16H21N3O2/c17-16(21)11-4-3-7-19(10-11)15(20)8-12-9-18-14-6-2-1-5-13(12)14/h1-2,5-6,11-12,18H,3-4,7-10H2,(H2,17,21). The number of hydrogen-bond acceptors (Lipinski definition) is 3. The molecule has 1 aromatic rings. The van der Waals surface area contributed by atoms with Gasteiger partial charge in [-0.2, -0.15) is 0 Å². The van der Waals surface area contributed by atoms with Crippen molar-refractivity contribution in [2.75, 3.05) is 25.0 Å². The van der Waals surface area contributed by atoms with Crippen LogP contribution in [0.4, 0.5) is 5.69 Å². The Balaban J connectivity index is 1.63. The number of piperidine rings is 1. The first-order valence-electron chi connectivity index (χ1n) is 7.55. The number of fused-ring (bicyclic) bond motifs is 1. The Hall–Kier alpha value is -2.04. The van der Waals surface area contributed by atoms with Crippen molar-refractivity contribution in [2.45, 2.75) is 25.2 Å². The molecule has 0 bridgehead atoms. The van der Waals surface area contributed by atoms with Gasteiger partial charge >= 0.3 is 0 Å². The quantitative estimate of drug-likeness (QED) is 0.880. The normalized spacial score (nSPS) is 24.3. The first-order valence-corrected chi connectivity index (χ1v) is 7.55. The van der Waals surface area contributed by atoms with Gasteiger partial charge in [0.1, 0.15) is 0 Å². The maximum atomic E-state index is 12.5. The number of carbonyl (C=O) groups is 2. The Morgan fingerprint density at radius 3 is 2.95 bits per heavy atom. The number of primary amides is 1. The fourth-order valence-electron chi connectivity index (χ4n) is 3.32. The molecule has 0 spiro atoms. The van der Waals surface area contributed by atoms with E-state index in [1.165, 1.54) is 5.56 Å². The lowest BCUT2D eigenvalue weighted by Crippen LogP contribution is -2.44. The van der Waals surface area contributed by atoms with Crippen molar-refractivity contribution in [2.24, 2.45) is 11.7 Å². The molecule has 2 heterocycles. The average molecular weight is 287 g/mol. The predicted octanol–water partition coefficient (Wildman–Crippen LogP) is 1.31. The van der Waals surface area contributed by atoms with Crippen LogP contribution in [0.3, 0.4) is 0 Å². The first kappa shape index (κ1) is 13.9. The summed E-state index contributed by atoms with van der Waals surface area (Å²) in [5.41, 5.74) is 7.72. The van der Waals surface area contributed by atoms with E-state index in [1.807, 2.05) is 18.2 Å². The maximum absolute atomic E-state index is 12.5. The number of nitrogens with one attached hydrogen (secondary N) is 1. The number of anilines is 1. The van der Waals surface area contributed by atoms with Gasteiger partial charge in [0, 0.05) is 37.7 Å². The summed E-state index contributed by atoms with van der Waals surface area (Å²) < 4.78 is 0. The molecule has 1 saturated heterocycles. The van der Waals surface area contributed by atoms with Crippen molar-refractivity contribution in [1.82, 2.24) is 4.90 Å². The van der Waals surface area contributed by atoms with E-state index >= 15 is 0 Å². The van der Waals surface area contributed by atoms with Crippen molar-refractivity contribution in [3.63, 3.8) is 0 Å². The van der Waals surface area contributed by atoms with Crippen LogP contribution in [0.25, 0.3) is 0 Å². The zero-order valence-corrected chi connectivity index (χ0v) is 12.0. The molecule has 5 heteroatoms. The highest BCUT2D eigenvalue weighted by Gasteiger charge is 2.30. The van der Waals surface area contributed by atoms with Crippen LogP contribution in [0, 0.1) is 5.92 Å². The molecule has 3 rings (SSSR count). The minimum atomic E-state index is -0.291. The summed E-state index contributed by atoms with van der Waals surface area (Å²) in [6.07, 6.45) is 2.15. The molecule has 1 fully saturated rings. The summed E-state index contributed by atoms with van der Waals surface area (Å²) in [6.45, 7) is 2.03. The zero-order chi connectivity index (χ0) is 14.8. The minimum Gasteiger partial charge on any atom is -0.384 e. The number of hydrogen-bond donors (Lipinski definition) is 2. The van der Waals surface area contributed by atoms with Crippen LogP contribution in [0.5, 0.6) is 0 Å². The van der Waals surface area contributed by atoms with Gasteiger partial charge in [-0.05, 0) is 24.5 Å². The van der Waals surface area contributed by atoms with Crippen molar-refractivity contribution < 1.29 is 9.59 Å². The summed E-state index contributed by atoms with van der Waals surface area (Å²) >= 11 is 0. The highest BCUT2D eigenvalue weighted by molar-refractivity contribution is 5.81. The van der Waals surface area contributed by atoms with E-state index in [9.17, 15) is 9.59 Å². The zero-order valence-electron chi connectivity index (χ0n) is 12.0. The number of rotatable bonds is 3. The molecule has 0 aliphatic carbocycles. The Labute approximate surface area is 124 Å². The molecule has 21 heavy (non-hydrogen) atoms. The van der Waals surface area contributed by atoms with E-state index < -0.39 is 0 Å². The van der Waals surface area contributed by atoms with Crippen LogP contribution >= 0.6 is 0 Å². The van der Waals surface area contributed by atoms with Crippen LogP contribution in [0.2, 0.25) is 0 Å². The summed E-state index contributed by atoms with van der Waals surface area (Å²) in [6, 6.07) is 8.13. The lowest BCUT2D eigenvalue weighted by molar-refractivity contribution is -0.135. The van der Waals surface area contributed by atoms with Crippen LogP contribution in [-0.4, -0.2) is 36.3 Å². The number of likely N-dealkylation sites (tertiary alicyclic amines) is 1. The molecule has 2 unspecified atom stereocenters. The lowest BCUT2D eigenvalue weighted by atomic mass is 9.94. The molecule has 2 aliphatic rings. The number of amides is 2. The smallest absolute Gasteiger partial charge is 0.223 e. The van der Waals surface area contributed by atoms with Crippen molar-refractivity contribution >= 4 is 17.5 Å². The largest absolute Gasteiger partial charge is 0.384 e. The topological polar surface area (TPSA) is 75.4 Å². The lowest BCUT2D eigenvalue weighted by Gasteiger charge is -2.32. The summed E-state index contributed by atoms with van der Waals surface area (Å²) in [7, 11) is 0. The Bertz CT molecular complexity index is 558. The van der Waals surface area contributed by atoms with E-state index in [2.05, 4.69) is 11.4 Å². The second-order valence-corrected chi connectivity index (χ2v) is 5.95. The van der Waals surface area contributed by atoms with E-state index in [0.29, 0.717) is 13.0 Å². The molecule has 3 N–H and O–H groups in total. The molecular weight excluding hydrogens is 266 g/mol. The van der Waals surface area contributed by atoms with Gasteiger partial charge in [0.2, 0.25) is 11.8 Å². The van der Waals surface area contributed by atoms with Gasteiger partial charge in [-0.1, -0.05) is 18.2 Å². The number of carbonyl (C=O) groups excluding carboxylic acids is 2. The van der Waals surface area contributed by atoms with Crippen LogP contribution in [0.1, 0.15) is 30.7 Å². The second-order valence-electron chi connectivity index (χ2n) is 5.95. The van der Waals surface area contributed by atoms with Gasteiger partial charge in [-0.25, -0.2) is 0 Å². The minimum absolute atomic E-state index is 0.129. The SMILES string of the molecule is NC(=O)C1CCCN(C(=O)CC2CNc3ccccc32)C1. The predicted molar refractivity (Wildman–Crippen MR) is 80.8 cm³/mol. The number of nitrogens with two attached hydrogens (primary N) is 1. The van der Waals surface area contributed by atoms with Crippen molar-refractivity contribution in [3.8, 4) is 0 Å². The molecule has 0 radical (unpaired) electrons. The molecule has 2 atom stereocenters.